The molecule has 0 bridgehead atoms. The molecule has 0 radical (unpaired) electrons. The molecule has 0 aliphatic rings. The molecule has 18 heavy (non-hydrogen) atoms. The van der Waals surface area contributed by atoms with Gasteiger partial charge in [0.2, 0.25) is 10.0 Å². The number of aryl methyl sites for hydroxylation is 1. The van der Waals surface area contributed by atoms with Gasteiger partial charge in [-0.2, -0.15) is 0 Å². The fourth-order valence-corrected chi connectivity index (χ4v) is 3.14. The predicted octanol–water partition coefficient (Wildman–Crippen LogP) is 2.93. The summed E-state index contributed by atoms with van der Waals surface area (Å²) < 4.78 is 26.7. The van der Waals surface area contributed by atoms with Crippen LogP contribution in [-0.4, -0.2) is 20.8 Å². The number of sulfonamides is 1. The summed E-state index contributed by atoms with van der Waals surface area (Å²) in [7, 11) is -3.38. The summed E-state index contributed by atoms with van der Waals surface area (Å²) in [5, 5.41) is 0. The lowest BCUT2D eigenvalue weighted by Gasteiger charge is -2.10. The Morgan fingerprint density at radius 2 is 2.00 bits per heavy atom. The Balaban J connectivity index is 2.54. The van der Waals surface area contributed by atoms with Crippen LogP contribution < -0.4 is 4.72 Å². The van der Waals surface area contributed by atoms with Crippen molar-refractivity contribution in [2.24, 2.45) is 5.92 Å². The maximum atomic E-state index is 12.0. The third kappa shape index (κ3) is 4.59. The van der Waals surface area contributed by atoms with Crippen LogP contribution in [0.3, 0.4) is 0 Å². The Bertz CT molecular complexity index is 474. The van der Waals surface area contributed by atoms with Crippen molar-refractivity contribution in [2.75, 3.05) is 12.4 Å². The highest BCUT2D eigenvalue weighted by Gasteiger charge is 2.15. The molecule has 0 aromatic heterocycles. The smallest absolute Gasteiger partial charge is 0.211 e. The minimum absolute atomic E-state index is 0.357. The van der Waals surface area contributed by atoms with Gasteiger partial charge in [-0.05, 0) is 37.3 Å². The molecule has 0 aliphatic heterocycles. The quantitative estimate of drug-likeness (QED) is 0.620. The van der Waals surface area contributed by atoms with Crippen molar-refractivity contribution in [3.05, 3.63) is 29.8 Å². The highest BCUT2D eigenvalue weighted by molar-refractivity contribution is 7.89. The van der Waals surface area contributed by atoms with Crippen molar-refractivity contribution in [3.8, 4) is 0 Å². The standard InChI is InChI=1S/C13H20ClNO2S/c1-11(10-14)6-5-9-15-18(16,17)13-8-4-3-7-12(13)2/h3-4,7-8,11,15H,5-6,9-10H2,1-2H3. The van der Waals surface area contributed by atoms with Gasteiger partial charge in [-0.25, -0.2) is 13.1 Å². The zero-order chi connectivity index (χ0) is 13.6. The van der Waals surface area contributed by atoms with E-state index in [0.717, 1.165) is 18.4 Å². The average molecular weight is 290 g/mol. The average Bonchev–Trinajstić information content (AvgIpc) is 2.34. The summed E-state index contributed by atoms with van der Waals surface area (Å²) in [5.74, 6) is 1.04. The van der Waals surface area contributed by atoms with Crippen LogP contribution in [0.1, 0.15) is 25.3 Å². The molecular weight excluding hydrogens is 270 g/mol. The van der Waals surface area contributed by atoms with Crippen LogP contribution in [0.5, 0.6) is 0 Å². The largest absolute Gasteiger partial charge is 0.240 e. The molecule has 0 heterocycles. The minimum Gasteiger partial charge on any atom is -0.211 e. The molecule has 1 N–H and O–H groups in total. The van der Waals surface area contributed by atoms with Crippen LogP contribution in [0.2, 0.25) is 0 Å². The van der Waals surface area contributed by atoms with Crippen molar-refractivity contribution in [1.82, 2.24) is 4.72 Å². The van der Waals surface area contributed by atoms with Gasteiger partial charge in [0.25, 0.3) is 0 Å². The van der Waals surface area contributed by atoms with Crippen LogP contribution >= 0.6 is 11.6 Å². The Kier molecular flexibility index (Phi) is 6.12. The first-order valence-electron chi connectivity index (χ1n) is 6.08. The second-order valence-electron chi connectivity index (χ2n) is 4.56. The second kappa shape index (κ2) is 7.12. The molecule has 0 saturated carbocycles. The molecular formula is C13H20ClNO2S. The number of rotatable bonds is 7. The first kappa shape index (κ1) is 15.5. The van der Waals surface area contributed by atoms with Crippen LogP contribution in [0.15, 0.2) is 29.2 Å². The summed E-state index contributed by atoms with van der Waals surface area (Å²) in [6, 6.07) is 6.98. The number of halogens is 1. The van der Waals surface area contributed by atoms with E-state index in [4.69, 9.17) is 11.6 Å². The Morgan fingerprint density at radius 1 is 1.33 bits per heavy atom. The molecule has 1 rings (SSSR count). The van der Waals surface area contributed by atoms with Gasteiger partial charge in [-0.1, -0.05) is 25.1 Å². The van der Waals surface area contributed by atoms with E-state index in [1.165, 1.54) is 0 Å². The summed E-state index contributed by atoms with van der Waals surface area (Å²) in [4.78, 5) is 0.357. The van der Waals surface area contributed by atoms with Gasteiger partial charge in [-0.15, -0.1) is 11.6 Å². The third-order valence-corrected chi connectivity index (χ3v) is 4.96. The van der Waals surface area contributed by atoms with E-state index in [1.54, 1.807) is 25.1 Å². The molecule has 1 atom stereocenters. The molecule has 0 spiro atoms. The predicted molar refractivity (Wildman–Crippen MR) is 75.5 cm³/mol. The molecule has 1 aromatic carbocycles. The SMILES string of the molecule is Cc1ccccc1S(=O)(=O)NCCCC(C)CCl. The van der Waals surface area contributed by atoms with Gasteiger partial charge >= 0.3 is 0 Å². The van der Waals surface area contributed by atoms with E-state index in [1.807, 2.05) is 6.07 Å². The molecule has 1 aromatic rings. The van der Waals surface area contributed by atoms with Crippen LogP contribution in [0.4, 0.5) is 0 Å². The molecule has 5 heteroatoms. The minimum atomic E-state index is -3.38. The summed E-state index contributed by atoms with van der Waals surface area (Å²) >= 11 is 5.70. The van der Waals surface area contributed by atoms with Crippen molar-refractivity contribution < 1.29 is 8.42 Å². The number of hydrogen-bond donors (Lipinski definition) is 1. The number of benzene rings is 1. The van der Waals surface area contributed by atoms with E-state index in [9.17, 15) is 8.42 Å². The van der Waals surface area contributed by atoms with Gasteiger partial charge in [-0.3, -0.25) is 0 Å². The maximum Gasteiger partial charge on any atom is 0.240 e. The molecule has 1 unspecified atom stereocenters. The van der Waals surface area contributed by atoms with Crippen LogP contribution in [0.25, 0.3) is 0 Å². The van der Waals surface area contributed by atoms with Crippen molar-refractivity contribution in [1.29, 1.82) is 0 Å². The van der Waals surface area contributed by atoms with E-state index in [-0.39, 0.29) is 0 Å². The van der Waals surface area contributed by atoms with Gasteiger partial charge in [0.05, 0.1) is 4.90 Å². The van der Waals surface area contributed by atoms with Crippen LogP contribution in [0, 0.1) is 12.8 Å². The number of alkyl halides is 1. The Labute approximate surface area is 115 Å². The normalized spacial score (nSPS) is 13.5. The Morgan fingerprint density at radius 3 is 2.61 bits per heavy atom. The molecule has 0 aliphatic carbocycles. The van der Waals surface area contributed by atoms with Crippen molar-refractivity contribution in [2.45, 2.75) is 31.6 Å². The molecule has 0 amide bonds. The first-order valence-corrected chi connectivity index (χ1v) is 8.10. The fourth-order valence-electron chi connectivity index (χ4n) is 1.67. The lowest BCUT2D eigenvalue weighted by Crippen LogP contribution is -2.25. The molecule has 3 nitrogen and oxygen atoms in total. The monoisotopic (exact) mass is 289 g/mol. The third-order valence-electron chi connectivity index (χ3n) is 2.81. The second-order valence-corrected chi connectivity index (χ2v) is 6.61. The van der Waals surface area contributed by atoms with Gasteiger partial charge in [0.15, 0.2) is 0 Å². The van der Waals surface area contributed by atoms with Crippen LogP contribution in [-0.2, 0) is 10.0 Å². The lowest BCUT2D eigenvalue weighted by atomic mass is 10.1. The summed E-state index contributed by atoms with van der Waals surface area (Å²) in [6.45, 7) is 4.31. The highest BCUT2D eigenvalue weighted by Crippen LogP contribution is 2.14. The molecule has 0 saturated heterocycles. The number of nitrogens with one attached hydrogen (secondary N) is 1. The summed E-state index contributed by atoms with van der Waals surface area (Å²) in [6.07, 6.45) is 1.73. The zero-order valence-electron chi connectivity index (χ0n) is 10.8. The van der Waals surface area contributed by atoms with E-state index in [0.29, 0.717) is 23.2 Å². The van der Waals surface area contributed by atoms with Crippen molar-refractivity contribution in [3.63, 3.8) is 0 Å². The van der Waals surface area contributed by atoms with E-state index >= 15 is 0 Å². The first-order chi connectivity index (χ1) is 8.47. The highest BCUT2D eigenvalue weighted by atomic mass is 35.5. The van der Waals surface area contributed by atoms with E-state index in [2.05, 4.69) is 11.6 Å². The maximum absolute atomic E-state index is 12.0. The Hall–Kier alpha value is -0.580. The van der Waals surface area contributed by atoms with Gasteiger partial charge in [0, 0.05) is 12.4 Å². The molecule has 102 valence electrons. The topological polar surface area (TPSA) is 46.2 Å². The molecule has 0 fully saturated rings. The van der Waals surface area contributed by atoms with Gasteiger partial charge < -0.3 is 0 Å². The fraction of sp³-hybridized carbons (Fsp3) is 0.538. The summed E-state index contributed by atoms with van der Waals surface area (Å²) in [5.41, 5.74) is 0.763. The zero-order valence-corrected chi connectivity index (χ0v) is 12.4. The van der Waals surface area contributed by atoms with Gasteiger partial charge in [0.1, 0.15) is 0 Å². The van der Waals surface area contributed by atoms with Crippen molar-refractivity contribution >= 4 is 21.6 Å². The number of hydrogen-bond acceptors (Lipinski definition) is 2. The lowest BCUT2D eigenvalue weighted by molar-refractivity contribution is 0.543. The van der Waals surface area contributed by atoms with E-state index < -0.39 is 10.0 Å².